The molecule has 0 fully saturated rings. The fourth-order valence-corrected chi connectivity index (χ4v) is 1.95. The summed E-state index contributed by atoms with van der Waals surface area (Å²) in [6.45, 7) is 0. The minimum Gasteiger partial charge on any atom is -0.494 e. The fourth-order valence-electron chi connectivity index (χ4n) is 1.27. The van der Waals surface area contributed by atoms with Crippen LogP contribution in [0.1, 0.15) is 15.2 Å². The normalized spacial score (nSPS) is 9.93. The summed E-state index contributed by atoms with van der Waals surface area (Å²) in [7, 11) is 1.53. The van der Waals surface area contributed by atoms with Crippen molar-refractivity contribution in [2.45, 2.75) is 0 Å². The monoisotopic (exact) mass is 219 g/mol. The SMILES string of the molecule is COc1cnccc1C(=O)c1cccs1. The number of rotatable bonds is 3. The van der Waals surface area contributed by atoms with E-state index < -0.39 is 0 Å². The number of thiophene rings is 1. The van der Waals surface area contributed by atoms with Crippen LogP contribution in [0, 0.1) is 0 Å². The molecular weight excluding hydrogens is 210 g/mol. The molecule has 0 unspecified atom stereocenters. The summed E-state index contributed by atoms with van der Waals surface area (Å²) in [5.74, 6) is 0.486. The summed E-state index contributed by atoms with van der Waals surface area (Å²) < 4.78 is 5.09. The minimum atomic E-state index is -0.0238. The molecule has 0 aliphatic heterocycles. The van der Waals surface area contributed by atoms with Gasteiger partial charge in [-0.25, -0.2) is 0 Å². The Morgan fingerprint density at radius 2 is 2.33 bits per heavy atom. The van der Waals surface area contributed by atoms with Crippen molar-refractivity contribution in [3.63, 3.8) is 0 Å². The molecule has 0 bridgehead atoms. The molecule has 0 saturated heterocycles. The van der Waals surface area contributed by atoms with Gasteiger partial charge in [0.25, 0.3) is 0 Å². The van der Waals surface area contributed by atoms with Crippen LogP contribution in [-0.4, -0.2) is 17.9 Å². The molecule has 2 aromatic rings. The molecule has 0 spiro atoms. The van der Waals surface area contributed by atoms with Gasteiger partial charge >= 0.3 is 0 Å². The van der Waals surface area contributed by atoms with E-state index in [1.54, 1.807) is 24.5 Å². The zero-order valence-corrected chi connectivity index (χ0v) is 8.95. The molecule has 2 rings (SSSR count). The molecule has 0 radical (unpaired) electrons. The predicted octanol–water partition coefficient (Wildman–Crippen LogP) is 2.38. The Bertz CT molecular complexity index is 465. The summed E-state index contributed by atoms with van der Waals surface area (Å²) in [4.78, 5) is 16.6. The van der Waals surface area contributed by atoms with E-state index in [0.717, 1.165) is 0 Å². The topological polar surface area (TPSA) is 39.2 Å². The van der Waals surface area contributed by atoms with E-state index in [4.69, 9.17) is 4.74 Å². The van der Waals surface area contributed by atoms with Gasteiger partial charge in [-0.1, -0.05) is 6.07 Å². The second kappa shape index (κ2) is 4.23. The van der Waals surface area contributed by atoms with Gasteiger partial charge in [0.15, 0.2) is 0 Å². The summed E-state index contributed by atoms with van der Waals surface area (Å²) in [6.07, 6.45) is 3.13. The Morgan fingerprint density at radius 3 is 3.00 bits per heavy atom. The Labute approximate surface area is 91.4 Å². The number of carbonyl (C=O) groups excluding carboxylic acids is 1. The molecular formula is C11H9NO2S. The van der Waals surface area contributed by atoms with E-state index in [1.807, 2.05) is 11.4 Å². The van der Waals surface area contributed by atoms with E-state index in [0.29, 0.717) is 16.2 Å². The van der Waals surface area contributed by atoms with Gasteiger partial charge in [-0.05, 0) is 17.5 Å². The Kier molecular flexibility index (Phi) is 2.78. The first-order valence-corrected chi connectivity index (χ1v) is 5.27. The maximum atomic E-state index is 12.0. The van der Waals surface area contributed by atoms with E-state index in [-0.39, 0.29) is 5.78 Å². The van der Waals surface area contributed by atoms with Gasteiger partial charge in [0.2, 0.25) is 5.78 Å². The Hall–Kier alpha value is -1.68. The van der Waals surface area contributed by atoms with Gasteiger partial charge in [-0.15, -0.1) is 11.3 Å². The zero-order chi connectivity index (χ0) is 10.7. The first-order valence-electron chi connectivity index (χ1n) is 4.39. The van der Waals surface area contributed by atoms with Crippen LogP contribution < -0.4 is 4.74 Å². The summed E-state index contributed by atoms with van der Waals surface area (Å²) in [5.41, 5.74) is 0.551. The predicted molar refractivity (Wildman–Crippen MR) is 58.5 cm³/mol. The molecule has 15 heavy (non-hydrogen) atoms. The van der Waals surface area contributed by atoms with Crippen molar-refractivity contribution in [1.29, 1.82) is 0 Å². The van der Waals surface area contributed by atoms with E-state index in [2.05, 4.69) is 4.98 Å². The van der Waals surface area contributed by atoms with Crippen LogP contribution in [0.25, 0.3) is 0 Å². The Balaban J connectivity index is 2.42. The summed E-state index contributed by atoms with van der Waals surface area (Å²) in [6, 6.07) is 5.32. The van der Waals surface area contributed by atoms with Crippen molar-refractivity contribution < 1.29 is 9.53 Å². The maximum absolute atomic E-state index is 12.0. The number of pyridine rings is 1. The molecule has 0 atom stereocenters. The molecule has 2 heterocycles. The molecule has 2 aromatic heterocycles. The number of carbonyl (C=O) groups is 1. The molecule has 0 aromatic carbocycles. The second-order valence-corrected chi connectivity index (χ2v) is 3.83. The standard InChI is InChI=1S/C11H9NO2S/c1-14-9-7-12-5-4-8(9)11(13)10-3-2-6-15-10/h2-7H,1H3. The lowest BCUT2D eigenvalue weighted by Crippen LogP contribution is -2.02. The summed E-state index contributed by atoms with van der Waals surface area (Å²) >= 11 is 1.42. The number of aromatic nitrogens is 1. The summed E-state index contributed by atoms with van der Waals surface area (Å²) in [5, 5.41) is 1.88. The quantitative estimate of drug-likeness (QED) is 0.744. The van der Waals surface area contributed by atoms with Crippen LogP contribution in [0.15, 0.2) is 36.0 Å². The number of nitrogens with zero attached hydrogens (tertiary/aromatic N) is 1. The third kappa shape index (κ3) is 1.89. The van der Waals surface area contributed by atoms with Crippen LogP contribution in [-0.2, 0) is 0 Å². The number of hydrogen-bond acceptors (Lipinski definition) is 4. The van der Waals surface area contributed by atoms with E-state index in [9.17, 15) is 4.79 Å². The lowest BCUT2D eigenvalue weighted by Gasteiger charge is -2.04. The third-order valence-corrected chi connectivity index (χ3v) is 2.86. The minimum absolute atomic E-state index is 0.0238. The molecule has 0 N–H and O–H groups in total. The van der Waals surface area contributed by atoms with Crippen molar-refractivity contribution in [2.75, 3.05) is 7.11 Å². The molecule has 0 aliphatic carbocycles. The van der Waals surface area contributed by atoms with Gasteiger partial charge in [0.1, 0.15) is 5.75 Å². The van der Waals surface area contributed by atoms with E-state index >= 15 is 0 Å². The van der Waals surface area contributed by atoms with Crippen LogP contribution in [0.4, 0.5) is 0 Å². The Morgan fingerprint density at radius 1 is 1.47 bits per heavy atom. The van der Waals surface area contributed by atoms with Crippen molar-refractivity contribution in [3.8, 4) is 5.75 Å². The number of ketones is 1. The lowest BCUT2D eigenvalue weighted by molar-refractivity contribution is 0.103. The molecule has 0 aliphatic rings. The average molecular weight is 219 g/mol. The maximum Gasteiger partial charge on any atom is 0.206 e. The highest BCUT2D eigenvalue weighted by molar-refractivity contribution is 7.12. The zero-order valence-electron chi connectivity index (χ0n) is 8.14. The average Bonchev–Trinajstić information content (AvgIpc) is 2.81. The first-order chi connectivity index (χ1) is 7.33. The van der Waals surface area contributed by atoms with Gasteiger partial charge in [0, 0.05) is 6.20 Å². The number of ether oxygens (including phenoxy) is 1. The molecule has 0 amide bonds. The molecule has 4 heteroatoms. The highest BCUT2D eigenvalue weighted by Gasteiger charge is 2.14. The van der Waals surface area contributed by atoms with Gasteiger partial charge < -0.3 is 4.74 Å². The second-order valence-electron chi connectivity index (χ2n) is 2.88. The highest BCUT2D eigenvalue weighted by Crippen LogP contribution is 2.21. The van der Waals surface area contributed by atoms with Crippen molar-refractivity contribution >= 4 is 17.1 Å². The van der Waals surface area contributed by atoms with Crippen molar-refractivity contribution in [3.05, 3.63) is 46.4 Å². The van der Waals surface area contributed by atoms with Crippen LogP contribution >= 0.6 is 11.3 Å². The van der Waals surface area contributed by atoms with E-state index in [1.165, 1.54) is 18.4 Å². The lowest BCUT2D eigenvalue weighted by atomic mass is 10.1. The smallest absolute Gasteiger partial charge is 0.206 e. The van der Waals surface area contributed by atoms with Crippen molar-refractivity contribution in [2.24, 2.45) is 0 Å². The van der Waals surface area contributed by atoms with Gasteiger partial charge in [-0.2, -0.15) is 0 Å². The number of hydrogen-bond donors (Lipinski definition) is 0. The first kappa shape index (κ1) is 9.86. The number of methoxy groups -OCH3 is 1. The molecule has 3 nitrogen and oxygen atoms in total. The van der Waals surface area contributed by atoms with Crippen molar-refractivity contribution in [1.82, 2.24) is 4.98 Å². The van der Waals surface area contributed by atoms with Gasteiger partial charge in [0.05, 0.1) is 23.7 Å². The largest absolute Gasteiger partial charge is 0.494 e. The highest BCUT2D eigenvalue weighted by atomic mass is 32.1. The third-order valence-electron chi connectivity index (χ3n) is 1.99. The van der Waals surface area contributed by atoms with Crippen LogP contribution in [0.2, 0.25) is 0 Å². The van der Waals surface area contributed by atoms with Crippen LogP contribution in [0.3, 0.4) is 0 Å². The fraction of sp³-hybridized carbons (Fsp3) is 0.0909. The molecule has 0 saturated carbocycles. The van der Waals surface area contributed by atoms with Crippen LogP contribution in [0.5, 0.6) is 5.75 Å². The van der Waals surface area contributed by atoms with Gasteiger partial charge in [-0.3, -0.25) is 9.78 Å². The molecule has 76 valence electrons.